The number of likely N-dealkylation sites (tertiary alicyclic amines) is 1. The SMILES string of the molecule is CC1(C)CCCN(Cc2sc(NC(=O)c3cnc(N4CCC(C(=O)O)CC4)cn3)nc2-c2ccc(O[C@@H]3CCOC3)c(C(F)(F)F)c2)C1. The number of hydrogen-bond donors (Lipinski definition) is 2. The number of nitrogens with one attached hydrogen (secondary N) is 1. The Morgan fingerprint density at radius 3 is 2.58 bits per heavy atom. The minimum atomic E-state index is -4.66. The predicted octanol–water partition coefficient (Wildman–Crippen LogP) is 5.96. The van der Waals surface area contributed by atoms with Crippen molar-refractivity contribution in [2.75, 3.05) is 49.6 Å². The summed E-state index contributed by atoms with van der Waals surface area (Å²) in [4.78, 5) is 42.8. The lowest BCUT2D eigenvalue weighted by Gasteiger charge is -2.37. The Bertz CT molecular complexity index is 1620. The fraction of sp³-hybridized carbons (Fsp3) is 0.545. The number of benzene rings is 1. The number of alkyl halides is 3. The molecule has 3 aromatic rings. The summed E-state index contributed by atoms with van der Waals surface area (Å²) in [6, 6.07) is 3.98. The quantitative estimate of drug-likeness (QED) is 0.278. The molecule has 258 valence electrons. The summed E-state index contributed by atoms with van der Waals surface area (Å²) in [6.07, 6.45) is 1.33. The average Bonchev–Trinajstić information content (AvgIpc) is 3.70. The molecule has 0 bridgehead atoms. The number of thiazole rings is 1. The van der Waals surface area contributed by atoms with Crippen LogP contribution in [0.25, 0.3) is 11.3 Å². The van der Waals surface area contributed by atoms with E-state index in [4.69, 9.17) is 9.47 Å². The molecule has 0 unspecified atom stereocenters. The molecule has 2 N–H and O–H groups in total. The van der Waals surface area contributed by atoms with Gasteiger partial charge in [0.05, 0.1) is 42.8 Å². The Labute approximate surface area is 280 Å². The number of ether oxygens (including phenoxy) is 2. The Morgan fingerprint density at radius 2 is 1.94 bits per heavy atom. The zero-order chi connectivity index (χ0) is 34.1. The van der Waals surface area contributed by atoms with Gasteiger partial charge in [0.1, 0.15) is 23.4 Å². The van der Waals surface area contributed by atoms with Gasteiger partial charge in [-0.05, 0) is 55.8 Å². The Balaban J connectivity index is 1.24. The van der Waals surface area contributed by atoms with E-state index in [-0.39, 0.29) is 40.1 Å². The van der Waals surface area contributed by atoms with Gasteiger partial charge in [0.15, 0.2) is 5.13 Å². The highest BCUT2D eigenvalue weighted by molar-refractivity contribution is 7.16. The maximum Gasteiger partial charge on any atom is 0.419 e. The molecular formula is C33H39F3N6O5S. The number of carbonyl (C=O) groups excluding carboxylic acids is 1. The van der Waals surface area contributed by atoms with E-state index < -0.39 is 29.7 Å². The third-order valence-corrected chi connectivity index (χ3v) is 10.00. The number of carbonyl (C=O) groups is 2. The fourth-order valence-corrected chi connectivity index (χ4v) is 7.55. The summed E-state index contributed by atoms with van der Waals surface area (Å²) in [5.74, 6) is -1.44. The van der Waals surface area contributed by atoms with Gasteiger partial charge in [0.2, 0.25) is 0 Å². The molecule has 11 nitrogen and oxygen atoms in total. The molecule has 0 saturated carbocycles. The minimum absolute atomic E-state index is 0.0482. The van der Waals surface area contributed by atoms with Crippen molar-refractivity contribution in [1.82, 2.24) is 19.9 Å². The van der Waals surface area contributed by atoms with Gasteiger partial charge in [-0.3, -0.25) is 19.8 Å². The second-order valence-corrected chi connectivity index (χ2v) is 14.5. The van der Waals surface area contributed by atoms with Crippen LogP contribution in [-0.2, 0) is 22.3 Å². The molecule has 0 radical (unpaired) electrons. The van der Waals surface area contributed by atoms with E-state index in [0.717, 1.165) is 36.9 Å². The molecule has 3 aliphatic heterocycles. The molecule has 3 fully saturated rings. The molecule has 1 aromatic carbocycles. The summed E-state index contributed by atoms with van der Waals surface area (Å²) in [5.41, 5.74) is -0.101. The van der Waals surface area contributed by atoms with E-state index in [0.29, 0.717) is 57.0 Å². The molecule has 0 aliphatic carbocycles. The average molecular weight is 689 g/mol. The van der Waals surface area contributed by atoms with Crippen LogP contribution in [0.15, 0.2) is 30.6 Å². The summed E-state index contributed by atoms with van der Waals surface area (Å²) < 4.78 is 53.9. The van der Waals surface area contributed by atoms with Gasteiger partial charge in [-0.15, -0.1) is 0 Å². The summed E-state index contributed by atoms with van der Waals surface area (Å²) in [6.45, 7) is 8.27. The Kier molecular flexibility index (Phi) is 9.91. The second kappa shape index (κ2) is 14.0. The van der Waals surface area contributed by atoms with Gasteiger partial charge in [-0.2, -0.15) is 13.2 Å². The van der Waals surface area contributed by atoms with Gasteiger partial charge in [-0.1, -0.05) is 25.2 Å². The number of nitrogens with zero attached hydrogens (tertiary/aromatic N) is 5. The number of aromatic nitrogens is 3. The zero-order valence-electron chi connectivity index (χ0n) is 26.9. The van der Waals surface area contributed by atoms with E-state index in [9.17, 15) is 27.9 Å². The first-order valence-electron chi connectivity index (χ1n) is 16.1. The molecule has 2 aromatic heterocycles. The standard InChI is InChI=1S/C33H39F3N6O5S/c1-32(2)9-3-10-41(19-32)17-26-28(21-4-5-25(23(14-21)33(34,35)36)47-22-8-13-46-18-22)39-31(48-26)40-29(43)24-15-38-27(16-37-24)42-11-6-20(7-12-42)30(44)45/h4-5,14-16,20,22H,3,6-13,17-19H2,1-2H3,(H,44,45)(H,39,40,43)/t22-/m1/s1. The third kappa shape index (κ3) is 8.06. The van der Waals surface area contributed by atoms with Crippen molar-refractivity contribution in [3.63, 3.8) is 0 Å². The number of rotatable bonds is 9. The number of carboxylic acid groups (broad SMARTS) is 1. The smallest absolute Gasteiger partial charge is 0.419 e. The fourth-order valence-electron chi connectivity index (χ4n) is 6.53. The first-order chi connectivity index (χ1) is 22.8. The summed E-state index contributed by atoms with van der Waals surface area (Å²) in [7, 11) is 0. The molecule has 5 heterocycles. The van der Waals surface area contributed by atoms with Gasteiger partial charge >= 0.3 is 12.1 Å². The topological polar surface area (TPSA) is 130 Å². The largest absolute Gasteiger partial charge is 0.487 e. The molecule has 3 saturated heterocycles. The lowest BCUT2D eigenvalue weighted by molar-refractivity contribution is -0.142. The third-order valence-electron chi connectivity index (χ3n) is 9.04. The Morgan fingerprint density at radius 1 is 1.15 bits per heavy atom. The van der Waals surface area contributed by atoms with Crippen molar-refractivity contribution in [3.05, 3.63) is 46.7 Å². The van der Waals surface area contributed by atoms with Crippen molar-refractivity contribution < 1.29 is 37.3 Å². The van der Waals surface area contributed by atoms with Crippen LogP contribution in [0, 0.1) is 11.3 Å². The molecule has 1 atom stereocenters. The van der Waals surface area contributed by atoms with Crippen molar-refractivity contribution in [3.8, 4) is 17.0 Å². The zero-order valence-corrected chi connectivity index (χ0v) is 27.7. The maximum atomic E-state index is 14.3. The van der Waals surface area contributed by atoms with Gasteiger partial charge in [0.25, 0.3) is 5.91 Å². The van der Waals surface area contributed by atoms with Gasteiger partial charge in [0, 0.05) is 43.0 Å². The Hall–Kier alpha value is -3.82. The van der Waals surface area contributed by atoms with E-state index in [1.807, 2.05) is 4.90 Å². The first kappa shape index (κ1) is 34.1. The van der Waals surface area contributed by atoms with E-state index in [1.165, 1.54) is 29.8 Å². The summed E-state index contributed by atoms with van der Waals surface area (Å²) in [5, 5.41) is 12.3. The van der Waals surface area contributed by atoms with Gasteiger partial charge in [-0.25, -0.2) is 15.0 Å². The molecular weight excluding hydrogens is 649 g/mol. The van der Waals surface area contributed by atoms with E-state index in [1.54, 1.807) is 6.07 Å². The molecule has 6 rings (SSSR count). The highest BCUT2D eigenvalue weighted by Crippen LogP contribution is 2.42. The number of anilines is 2. The van der Waals surface area contributed by atoms with Crippen molar-refractivity contribution in [1.29, 1.82) is 0 Å². The lowest BCUT2D eigenvalue weighted by Crippen LogP contribution is -2.39. The number of piperidine rings is 2. The van der Waals surface area contributed by atoms with Crippen LogP contribution < -0.4 is 15.0 Å². The number of amides is 1. The van der Waals surface area contributed by atoms with Crippen LogP contribution in [0.5, 0.6) is 5.75 Å². The summed E-state index contributed by atoms with van der Waals surface area (Å²) >= 11 is 1.23. The highest BCUT2D eigenvalue weighted by atomic mass is 32.1. The minimum Gasteiger partial charge on any atom is -0.487 e. The lowest BCUT2D eigenvalue weighted by atomic mass is 9.84. The van der Waals surface area contributed by atoms with Crippen LogP contribution in [0.2, 0.25) is 0 Å². The van der Waals surface area contributed by atoms with Crippen LogP contribution in [0.3, 0.4) is 0 Å². The van der Waals surface area contributed by atoms with Crippen LogP contribution in [0.4, 0.5) is 24.1 Å². The van der Waals surface area contributed by atoms with Crippen LogP contribution in [0.1, 0.15) is 66.9 Å². The predicted molar refractivity (Wildman–Crippen MR) is 173 cm³/mol. The van der Waals surface area contributed by atoms with Crippen molar-refractivity contribution >= 4 is 34.2 Å². The molecule has 0 spiro atoms. The van der Waals surface area contributed by atoms with Crippen molar-refractivity contribution in [2.24, 2.45) is 11.3 Å². The maximum absolute atomic E-state index is 14.3. The second-order valence-electron chi connectivity index (χ2n) is 13.4. The normalized spacial score (nSPS) is 20.5. The molecule has 1 amide bonds. The van der Waals surface area contributed by atoms with Gasteiger partial charge < -0.3 is 19.5 Å². The van der Waals surface area contributed by atoms with E-state index >= 15 is 0 Å². The molecule has 3 aliphatic rings. The number of carboxylic acids is 1. The highest BCUT2D eigenvalue weighted by Gasteiger charge is 2.37. The first-order valence-corrected chi connectivity index (χ1v) is 17.0. The number of aliphatic carboxylic acids is 1. The van der Waals surface area contributed by atoms with Crippen LogP contribution in [-0.4, -0.2) is 82.3 Å². The van der Waals surface area contributed by atoms with Crippen LogP contribution >= 0.6 is 11.3 Å². The monoisotopic (exact) mass is 688 g/mol. The molecule has 48 heavy (non-hydrogen) atoms. The number of hydrogen-bond acceptors (Lipinski definition) is 10. The van der Waals surface area contributed by atoms with Crippen molar-refractivity contribution in [2.45, 2.75) is 64.8 Å². The number of halogens is 3. The molecule has 15 heteroatoms. The van der Waals surface area contributed by atoms with E-state index in [2.05, 4.69) is 39.0 Å².